The molecule has 1 aromatic carbocycles. The highest BCUT2D eigenvalue weighted by molar-refractivity contribution is 14.1. The van der Waals surface area contributed by atoms with Crippen LogP contribution in [-0.4, -0.2) is 31.9 Å². The number of benzene rings is 1. The molecule has 0 radical (unpaired) electrons. The van der Waals surface area contributed by atoms with E-state index in [9.17, 15) is 4.79 Å². The summed E-state index contributed by atoms with van der Waals surface area (Å²) in [5, 5.41) is 0. The lowest BCUT2D eigenvalue weighted by molar-refractivity contribution is 0.0734. The number of imidazole rings is 1. The fourth-order valence-electron chi connectivity index (χ4n) is 4.18. The highest BCUT2D eigenvalue weighted by Crippen LogP contribution is 2.33. The third kappa shape index (κ3) is 4.47. The van der Waals surface area contributed by atoms with Crippen LogP contribution >= 0.6 is 22.6 Å². The minimum Gasteiger partial charge on any atom is -0.331 e. The Bertz CT molecular complexity index is 976. The number of amides is 1. The number of rotatable bonds is 7. The molecule has 2 heterocycles. The summed E-state index contributed by atoms with van der Waals surface area (Å²) in [4.78, 5) is 24.8. The summed E-state index contributed by atoms with van der Waals surface area (Å²) in [6, 6.07) is 12.2. The van der Waals surface area contributed by atoms with Crippen LogP contribution in [0, 0.1) is 3.57 Å². The molecular formula is C23H27IN4O. The van der Waals surface area contributed by atoms with Gasteiger partial charge in [0.1, 0.15) is 11.3 Å². The van der Waals surface area contributed by atoms with Gasteiger partial charge in [0, 0.05) is 27.9 Å². The summed E-state index contributed by atoms with van der Waals surface area (Å²) in [7, 11) is 0. The Balaban J connectivity index is 1.68. The Hall–Kier alpha value is -1.96. The topological polar surface area (TPSA) is 51.0 Å². The van der Waals surface area contributed by atoms with Crippen LogP contribution in [0.15, 0.2) is 42.6 Å². The SMILES string of the molecule is CCCCN(Cc1nc2cccnc2n1C1CCCC1)C(=O)c1ccc(I)cc1. The van der Waals surface area contributed by atoms with Crippen LogP contribution in [0.2, 0.25) is 0 Å². The molecule has 6 heteroatoms. The van der Waals surface area contributed by atoms with Gasteiger partial charge in [0.15, 0.2) is 5.65 Å². The van der Waals surface area contributed by atoms with E-state index < -0.39 is 0 Å². The molecule has 0 atom stereocenters. The van der Waals surface area contributed by atoms with E-state index in [-0.39, 0.29) is 5.91 Å². The van der Waals surface area contributed by atoms with Crippen LogP contribution in [0.3, 0.4) is 0 Å². The maximum Gasteiger partial charge on any atom is 0.254 e. The molecule has 4 rings (SSSR count). The fourth-order valence-corrected chi connectivity index (χ4v) is 4.54. The first kappa shape index (κ1) is 20.3. The number of nitrogens with zero attached hydrogens (tertiary/aromatic N) is 4. The highest BCUT2D eigenvalue weighted by Gasteiger charge is 2.25. The summed E-state index contributed by atoms with van der Waals surface area (Å²) in [6.45, 7) is 3.42. The number of halogens is 1. The van der Waals surface area contributed by atoms with Gasteiger partial charge in [0.2, 0.25) is 0 Å². The van der Waals surface area contributed by atoms with E-state index in [0.29, 0.717) is 12.6 Å². The van der Waals surface area contributed by atoms with Crippen molar-refractivity contribution in [2.75, 3.05) is 6.54 Å². The third-order valence-corrected chi connectivity index (χ3v) is 6.42. The Kier molecular flexibility index (Phi) is 6.47. The molecule has 1 aliphatic carbocycles. The number of unbranched alkanes of at least 4 members (excludes halogenated alkanes) is 1. The molecule has 29 heavy (non-hydrogen) atoms. The Labute approximate surface area is 185 Å². The van der Waals surface area contributed by atoms with E-state index >= 15 is 0 Å². The van der Waals surface area contributed by atoms with Gasteiger partial charge in [-0.25, -0.2) is 9.97 Å². The maximum absolute atomic E-state index is 13.3. The average Bonchev–Trinajstić information content (AvgIpc) is 3.38. The molecule has 2 aromatic heterocycles. The van der Waals surface area contributed by atoms with Crippen molar-refractivity contribution >= 4 is 39.7 Å². The van der Waals surface area contributed by atoms with Crippen LogP contribution in [0.4, 0.5) is 0 Å². The van der Waals surface area contributed by atoms with Crippen molar-refractivity contribution in [1.29, 1.82) is 0 Å². The summed E-state index contributed by atoms with van der Waals surface area (Å²) in [5.41, 5.74) is 2.61. The van der Waals surface area contributed by atoms with Gasteiger partial charge < -0.3 is 9.47 Å². The lowest BCUT2D eigenvalue weighted by Gasteiger charge is -2.24. The first-order valence-electron chi connectivity index (χ1n) is 10.5. The number of hydrogen-bond donors (Lipinski definition) is 0. The van der Waals surface area contributed by atoms with Crippen LogP contribution < -0.4 is 0 Å². The smallest absolute Gasteiger partial charge is 0.254 e. The van der Waals surface area contributed by atoms with Crippen molar-refractivity contribution in [1.82, 2.24) is 19.4 Å². The number of hydrogen-bond acceptors (Lipinski definition) is 3. The van der Waals surface area contributed by atoms with Crippen LogP contribution in [0.1, 0.15) is 67.7 Å². The summed E-state index contributed by atoms with van der Waals surface area (Å²) in [5.74, 6) is 1.04. The predicted molar refractivity (Wildman–Crippen MR) is 124 cm³/mol. The normalized spacial score (nSPS) is 14.6. The molecule has 1 aliphatic rings. The van der Waals surface area contributed by atoms with E-state index in [1.54, 1.807) is 0 Å². The first-order valence-corrected chi connectivity index (χ1v) is 11.6. The number of fused-ring (bicyclic) bond motifs is 1. The number of pyridine rings is 1. The van der Waals surface area contributed by atoms with Crippen molar-refractivity contribution in [3.05, 3.63) is 57.6 Å². The predicted octanol–water partition coefficient (Wildman–Crippen LogP) is 5.59. The summed E-state index contributed by atoms with van der Waals surface area (Å²) in [6.07, 6.45) is 8.69. The van der Waals surface area contributed by atoms with Gasteiger partial charge >= 0.3 is 0 Å². The summed E-state index contributed by atoms with van der Waals surface area (Å²) >= 11 is 2.27. The molecule has 3 aromatic rings. The molecule has 1 fully saturated rings. The Morgan fingerprint density at radius 2 is 1.97 bits per heavy atom. The third-order valence-electron chi connectivity index (χ3n) is 5.70. The van der Waals surface area contributed by atoms with Crippen molar-refractivity contribution in [2.24, 2.45) is 0 Å². The number of aromatic nitrogens is 3. The lowest BCUT2D eigenvalue weighted by atomic mass is 10.2. The molecule has 5 nitrogen and oxygen atoms in total. The van der Waals surface area contributed by atoms with Gasteiger partial charge in [-0.3, -0.25) is 4.79 Å². The van der Waals surface area contributed by atoms with E-state index in [4.69, 9.17) is 4.98 Å². The van der Waals surface area contributed by atoms with Gasteiger partial charge in [-0.15, -0.1) is 0 Å². The van der Waals surface area contributed by atoms with Crippen LogP contribution in [0.5, 0.6) is 0 Å². The van der Waals surface area contributed by atoms with Gasteiger partial charge in [-0.2, -0.15) is 0 Å². The summed E-state index contributed by atoms with van der Waals surface area (Å²) < 4.78 is 3.44. The highest BCUT2D eigenvalue weighted by atomic mass is 127. The first-order chi connectivity index (χ1) is 14.2. The molecule has 0 bridgehead atoms. The number of carbonyl (C=O) groups excluding carboxylic acids is 1. The second kappa shape index (κ2) is 9.24. The minimum absolute atomic E-state index is 0.0767. The monoisotopic (exact) mass is 502 g/mol. The zero-order valence-corrected chi connectivity index (χ0v) is 19.0. The second-order valence-corrected chi connectivity index (χ2v) is 9.02. The van der Waals surface area contributed by atoms with Crippen LogP contribution in [-0.2, 0) is 6.54 Å². The minimum atomic E-state index is 0.0767. The molecule has 1 amide bonds. The van der Waals surface area contributed by atoms with Crippen molar-refractivity contribution in [3.63, 3.8) is 0 Å². The van der Waals surface area contributed by atoms with Gasteiger partial charge in [0.25, 0.3) is 5.91 Å². The quantitative estimate of drug-likeness (QED) is 0.396. The molecule has 1 saturated carbocycles. The standard InChI is InChI=1S/C23H27IN4O/c1-2-3-15-27(23(29)17-10-12-18(24)13-11-17)16-21-26-20-9-6-14-25-22(20)28(21)19-7-4-5-8-19/h6,9-14,19H,2-5,7-8,15-16H2,1H3. The van der Waals surface area contributed by atoms with E-state index in [2.05, 4.69) is 39.1 Å². The van der Waals surface area contributed by atoms with Gasteiger partial charge in [-0.1, -0.05) is 26.2 Å². The maximum atomic E-state index is 13.3. The lowest BCUT2D eigenvalue weighted by Crippen LogP contribution is -2.33. The number of carbonyl (C=O) groups is 1. The fraction of sp³-hybridized carbons (Fsp3) is 0.435. The van der Waals surface area contributed by atoms with Crippen molar-refractivity contribution < 1.29 is 4.79 Å². The van der Waals surface area contributed by atoms with Crippen LogP contribution in [0.25, 0.3) is 11.2 Å². The second-order valence-electron chi connectivity index (χ2n) is 7.77. The Morgan fingerprint density at radius 1 is 1.21 bits per heavy atom. The Morgan fingerprint density at radius 3 is 2.69 bits per heavy atom. The molecule has 152 valence electrons. The van der Waals surface area contributed by atoms with E-state index in [1.165, 1.54) is 12.8 Å². The van der Waals surface area contributed by atoms with Gasteiger partial charge in [-0.05, 0) is 78.3 Å². The average molecular weight is 502 g/mol. The molecular weight excluding hydrogens is 475 g/mol. The molecule has 0 saturated heterocycles. The molecule has 0 aliphatic heterocycles. The van der Waals surface area contributed by atoms with Crippen molar-refractivity contribution in [3.8, 4) is 0 Å². The van der Waals surface area contributed by atoms with Gasteiger partial charge in [0.05, 0.1) is 6.54 Å². The molecule has 0 N–H and O–H groups in total. The largest absolute Gasteiger partial charge is 0.331 e. The van der Waals surface area contributed by atoms with E-state index in [1.807, 2.05) is 47.5 Å². The van der Waals surface area contributed by atoms with Crippen molar-refractivity contribution in [2.45, 2.75) is 58.0 Å². The zero-order valence-electron chi connectivity index (χ0n) is 16.9. The molecule has 0 spiro atoms. The van der Waals surface area contributed by atoms with E-state index in [0.717, 1.165) is 58.3 Å². The zero-order chi connectivity index (χ0) is 20.2. The molecule has 0 unspecified atom stereocenters.